The van der Waals surface area contributed by atoms with Crippen LogP contribution in [0.3, 0.4) is 0 Å². The average Bonchev–Trinajstić information content (AvgIpc) is 2.58. The number of carbonyl (C=O) groups excluding carboxylic acids is 1. The summed E-state index contributed by atoms with van der Waals surface area (Å²) in [6, 6.07) is 5.01. The predicted octanol–water partition coefficient (Wildman–Crippen LogP) is 1.68. The third-order valence-corrected chi connectivity index (χ3v) is 5.52. The Hall–Kier alpha value is -1.91. The zero-order chi connectivity index (χ0) is 19.6. The van der Waals surface area contributed by atoms with Gasteiger partial charge in [0.25, 0.3) is 5.91 Å². The van der Waals surface area contributed by atoms with Gasteiger partial charge in [-0.3, -0.25) is 4.79 Å². The van der Waals surface area contributed by atoms with Crippen LogP contribution in [-0.2, 0) is 10.0 Å². The molecule has 26 heavy (non-hydrogen) atoms. The molecule has 0 spiro atoms. The van der Waals surface area contributed by atoms with Crippen LogP contribution in [0.1, 0.15) is 23.2 Å². The number of rotatable bonds is 5. The molecule has 2 rings (SSSR count). The number of halogens is 3. The number of alkyl halides is 3. The van der Waals surface area contributed by atoms with Crippen LogP contribution in [0, 0.1) is 0 Å². The number of β-amino-alcohol motifs (C(OH)–C–C–N with tert-alkyl or cyclic N) is 1. The maximum Gasteiger partial charge on any atom is 0.418 e. The maximum atomic E-state index is 13.0. The first-order valence-electron chi connectivity index (χ1n) is 7.79. The van der Waals surface area contributed by atoms with Crippen molar-refractivity contribution in [2.75, 3.05) is 19.6 Å². The molecule has 1 saturated heterocycles. The van der Waals surface area contributed by atoms with E-state index >= 15 is 0 Å². The quantitative estimate of drug-likeness (QED) is 0.747. The molecule has 1 atom stereocenters. The molecule has 0 aliphatic carbocycles. The molecule has 1 heterocycles. The second-order valence-electron chi connectivity index (χ2n) is 6.03. The van der Waals surface area contributed by atoms with Crippen molar-refractivity contribution in [1.82, 2.24) is 9.62 Å². The monoisotopic (exact) mass is 392 g/mol. The number of benzene rings is 1. The summed E-state index contributed by atoms with van der Waals surface area (Å²) in [5, 5.41) is 9.82. The first-order chi connectivity index (χ1) is 12.0. The van der Waals surface area contributed by atoms with Gasteiger partial charge in [0.15, 0.2) is 5.60 Å². The minimum absolute atomic E-state index is 0.00868. The molecule has 0 unspecified atom stereocenters. The van der Waals surface area contributed by atoms with Crippen LogP contribution in [0.15, 0.2) is 41.8 Å². The number of carbonyl (C=O) groups is 1. The van der Waals surface area contributed by atoms with Crippen LogP contribution in [0.5, 0.6) is 0 Å². The summed E-state index contributed by atoms with van der Waals surface area (Å²) in [5.74, 6) is -0.770. The van der Waals surface area contributed by atoms with Gasteiger partial charge in [0.1, 0.15) is 0 Å². The maximum absolute atomic E-state index is 13.0. The zero-order valence-corrected chi connectivity index (χ0v) is 14.6. The molecule has 0 radical (unpaired) electrons. The van der Waals surface area contributed by atoms with E-state index in [9.17, 15) is 31.5 Å². The van der Waals surface area contributed by atoms with E-state index in [0.29, 0.717) is 0 Å². The number of nitrogens with zero attached hydrogens (tertiary/aromatic N) is 1. The number of hydrogen-bond donors (Lipinski definition) is 2. The first kappa shape index (κ1) is 20.4. The number of piperidine rings is 1. The Morgan fingerprint density at radius 2 is 2.12 bits per heavy atom. The fraction of sp³-hybridized carbons (Fsp3) is 0.438. The lowest BCUT2D eigenvalue weighted by atomic mass is 9.92. The van der Waals surface area contributed by atoms with Gasteiger partial charge in [-0.05, 0) is 31.0 Å². The van der Waals surface area contributed by atoms with Crippen molar-refractivity contribution in [2.24, 2.45) is 0 Å². The Morgan fingerprint density at radius 3 is 2.73 bits per heavy atom. The Morgan fingerprint density at radius 1 is 1.42 bits per heavy atom. The fourth-order valence-electron chi connectivity index (χ4n) is 2.67. The Labute approximate surface area is 149 Å². The molecular formula is C16H19F3N2O4S. The van der Waals surface area contributed by atoms with Gasteiger partial charge >= 0.3 is 6.18 Å². The molecule has 10 heteroatoms. The SMILES string of the molecule is C=CCNS(=O)(=O)c1cccc(C(=O)N2CCC[C@@](O)(C(F)(F)F)C2)c1. The second-order valence-corrected chi connectivity index (χ2v) is 7.79. The molecule has 144 valence electrons. The number of aliphatic hydroxyl groups is 1. The highest BCUT2D eigenvalue weighted by Crippen LogP contribution is 2.37. The van der Waals surface area contributed by atoms with Gasteiger partial charge in [0, 0.05) is 18.7 Å². The van der Waals surface area contributed by atoms with E-state index in [-0.39, 0.29) is 30.0 Å². The topological polar surface area (TPSA) is 86.7 Å². The third-order valence-electron chi connectivity index (χ3n) is 4.09. The van der Waals surface area contributed by atoms with Crippen LogP contribution in [0.2, 0.25) is 0 Å². The number of nitrogens with one attached hydrogen (secondary N) is 1. The van der Waals surface area contributed by atoms with Gasteiger partial charge in [-0.25, -0.2) is 13.1 Å². The Balaban J connectivity index is 2.25. The summed E-state index contributed by atoms with van der Waals surface area (Å²) >= 11 is 0. The highest BCUT2D eigenvalue weighted by Gasteiger charge is 2.55. The van der Waals surface area contributed by atoms with Crippen molar-refractivity contribution < 1.29 is 31.5 Å². The summed E-state index contributed by atoms with van der Waals surface area (Å²) < 4.78 is 65.5. The van der Waals surface area contributed by atoms with E-state index < -0.39 is 40.7 Å². The largest absolute Gasteiger partial charge is 0.418 e. The Kier molecular flexibility index (Phi) is 5.79. The van der Waals surface area contributed by atoms with Crippen LogP contribution in [0.25, 0.3) is 0 Å². The van der Waals surface area contributed by atoms with E-state index in [1.54, 1.807) is 0 Å². The standard InChI is InChI=1S/C16H19F3N2O4S/c1-2-8-20-26(24,25)13-6-3-5-12(10-13)14(22)21-9-4-7-15(23,11-21)16(17,18)19/h2-3,5-6,10,20,23H,1,4,7-9,11H2/t15-/m0/s1. The van der Waals surface area contributed by atoms with Crippen molar-refractivity contribution in [2.45, 2.75) is 29.5 Å². The summed E-state index contributed by atoms with van der Waals surface area (Å²) in [7, 11) is -3.88. The number of amides is 1. The van der Waals surface area contributed by atoms with Crippen molar-refractivity contribution in [3.63, 3.8) is 0 Å². The van der Waals surface area contributed by atoms with Gasteiger partial charge in [-0.15, -0.1) is 6.58 Å². The first-order valence-corrected chi connectivity index (χ1v) is 9.27. The molecule has 0 bridgehead atoms. The van der Waals surface area contributed by atoms with Crippen LogP contribution in [-0.4, -0.2) is 55.7 Å². The van der Waals surface area contributed by atoms with Crippen molar-refractivity contribution >= 4 is 15.9 Å². The molecule has 1 aliphatic heterocycles. The summed E-state index contributed by atoms with van der Waals surface area (Å²) in [5.41, 5.74) is -3.03. The number of likely N-dealkylation sites (tertiary alicyclic amines) is 1. The van der Waals surface area contributed by atoms with Crippen molar-refractivity contribution in [1.29, 1.82) is 0 Å². The molecule has 1 aromatic rings. The summed E-state index contributed by atoms with van der Waals surface area (Å²) in [6.07, 6.45) is -4.01. The van der Waals surface area contributed by atoms with Gasteiger partial charge in [0.2, 0.25) is 10.0 Å². The van der Waals surface area contributed by atoms with Gasteiger partial charge in [0.05, 0.1) is 11.4 Å². The highest BCUT2D eigenvalue weighted by molar-refractivity contribution is 7.89. The lowest BCUT2D eigenvalue weighted by Gasteiger charge is -2.40. The molecule has 1 amide bonds. The molecule has 1 aliphatic rings. The zero-order valence-electron chi connectivity index (χ0n) is 13.8. The van der Waals surface area contributed by atoms with Crippen LogP contribution >= 0.6 is 0 Å². The lowest BCUT2D eigenvalue weighted by molar-refractivity contribution is -0.271. The second kappa shape index (κ2) is 7.37. The van der Waals surface area contributed by atoms with Gasteiger partial charge in [-0.2, -0.15) is 13.2 Å². The third kappa shape index (κ3) is 4.25. The molecule has 1 fully saturated rings. The Bertz CT molecular complexity index is 795. The molecule has 0 aromatic heterocycles. The van der Waals surface area contributed by atoms with Crippen LogP contribution < -0.4 is 4.72 Å². The highest BCUT2D eigenvalue weighted by atomic mass is 32.2. The molecule has 1 aromatic carbocycles. The van der Waals surface area contributed by atoms with Gasteiger partial charge < -0.3 is 10.0 Å². The van der Waals surface area contributed by atoms with E-state index in [2.05, 4.69) is 11.3 Å². The van der Waals surface area contributed by atoms with Gasteiger partial charge in [-0.1, -0.05) is 12.1 Å². The van der Waals surface area contributed by atoms with E-state index in [1.807, 2.05) is 0 Å². The van der Waals surface area contributed by atoms with E-state index in [1.165, 1.54) is 24.3 Å². The number of sulfonamides is 1. The summed E-state index contributed by atoms with van der Waals surface area (Å²) in [6.45, 7) is 2.54. The molecule has 0 saturated carbocycles. The van der Waals surface area contributed by atoms with E-state index in [4.69, 9.17) is 0 Å². The van der Waals surface area contributed by atoms with Crippen molar-refractivity contribution in [3.05, 3.63) is 42.5 Å². The van der Waals surface area contributed by atoms with Crippen molar-refractivity contribution in [3.8, 4) is 0 Å². The lowest BCUT2D eigenvalue weighted by Crippen LogP contribution is -2.58. The fourth-order valence-corrected chi connectivity index (χ4v) is 3.72. The molecule has 2 N–H and O–H groups in total. The number of hydrogen-bond acceptors (Lipinski definition) is 4. The molecule has 6 nitrogen and oxygen atoms in total. The minimum Gasteiger partial charge on any atom is -0.379 e. The smallest absolute Gasteiger partial charge is 0.379 e. The average molecular weight is 392 g/mol. The summed E-state index contributed by atoms with van der Waals surface area (Å²) in [4.78, 5) is 13.2. The normalized spacial score (nSPS) is 21.5. The van der Waals surface area contributed by atoms with Crippen LogP contribution in [0.4, 0.5) is 13.2 Å². The molecular weight excluding hydrogens is 373 g/mol. The van der Waals surface area contributed by atoms with E-state index in [0.717, 1.165) is 11.0 Å². The predicted molar refractivity (Wildman–Crippen MR) is 88.0 cm³/mol. The minimum atomic E-state index is -4.86.